The molecule has 0 aliphatic carbocycles. The van der Waals surface area contributed by atoms with Crippen molar-refractivity contribution >= 4 is 44.1 Å². The van der Waals surface area contributed by atoms with Crippen LogP contribution in [-0.2, 0) is 21.5 Å². The van der Waals surface area contributed by atoms with Crippen molar-refractivity contribution in [3.05, 3.63) is 84.1 Å². The van der Waals surface area contributed by atoms with Gasteiger partial charge in [-0.1, -0.05) is 18.2 Å². The van der Waals surface area contributed by atoms with E-state index >= 15 is 0 Å². The first-order valence-corrected chi connectivity index (χ1v) is 13.0. The minimum atomic E-state index is -3.92. The maximum absolute atomic E-state index is 13.5. The third-order valence-electron chi connectivity index (χ3n) is 5.76. The maximum Gasteiger partial charge on any atom is 0.296 e. The van der Waals surface area contributed by atoms with Crippen LogP contribution >= 0.6 is 0 Å². The fourth-order valence-electron chi connectivity index (χ4n) is 3.99. The summed E-state index contributed by atoms with van der Waals surface area (Å²) in [5.41, 5.74) is 8.27. The van der Waals surface area contributed by atoms with Crippen LogP contribution < -0.4 is 35.7 Å². The van der Waals surface area contributed by atoms with E-state index in [9.17, 15) is 13.2 Å². The zero-order valence-corrected chi connectivity index (χ0v) is 21.6. The Hall–Kier alpha value is -4.55. The molecule has 0 aliphatic rings. The Labute approximate surface area is 220 Å². The second kappa shape index (κ2) is 11.2. The van der Waals surface area contributed by atoms with Gasteiger partial charge in [-0.25, -0.2) is 10.1 Å². The molecule has 0 fully saturated rings. The van der Waals surface area contributed by atoms with Gasteiger partial charge < -0.3 is 25.8 Å². The molecule has 0 radical (unpaired) electrons. The summed E-state index contributed by atoms with van der Waals surface area (Å²) in [6.45, 7) is 0.143. The van der Waals surface area contributed by atoms with Crippen LogP contribution in [0, 0.1) is 0 Å². The summed E-state index contributed by atoms with van der Waals surface area (Å²) < 4.78 is 35.7. The second-order valence-electron chi connectivity index (χ2n) is 8.39. The standard InChI is InChI=1S/C26H28N6O5S/c1-36-22-9-6-18(14-23(22)37-2)24(31-19-7-8-21-17(13-19)10-11-29-25(21)27)26(33)30-15-16-4-3-5-20(12-16)32-38(28,34)35/h3-14,24,31-32H,15H2,1-2H3,(H2,27,29)(H,30,33)(H2,28,34,35)/t24-/m1/s1. The van der Waals surface area contributed by atoms with Crippen molar-refractivity contribution < 1.29 is 22.7 Å². The number of nitrogen functional groups attached to an aromatic ring is 1. The topological polar surface area (TPSA) is 171 Å². The summed E-state index contributed by atoms with van der Waals surface area (Å²) in [5.74, 6) is 1.10. The van der Waals surface area contributed by atoms with Crippen molar-refractivity contribution in [3.8, 4) is 11.5 Å². The molecular formula is C26H28N6O5S. The Morgan fingerprint density at radius 1 is 0.974 bits per heavy atom. The van der Waals surface area contributed by atoms with Crippen molar-refractivity contribution in [3.63, 3.8) is 0 Å². The highest BCUT2D eigenvalue weighted by molar-refractivity contribution is 7.90. The van der Waals surface area contributed by atoms with E-state index in [0.29, 0.717) is 39.8 Å². The number of aromatic nitrogens is 1. The molecule has 11 nitrogen and oxygen atoms in total. The van der Waals surface area contributed by atoms with Gasteiger partial charge in [-0.05, 0) is 65.0 Å². The van der Waals surface area contributed by atoms with Gasteiger partial charge in [-0.2, -0.15) is 8.42 Å². The number of fused-ring (bicyclic) bond motifs is 1. The number of pyridine rings is 1. The molecule has 198 valence electrons. The summed E-state index contributed by atoms with van der Waals surface area (Å²) in [5, 5.41) is 12.9. The summed E-state index contributed by atoms with van der Waals surface area (Å²) in [6, 6.07) is 18.4. The minimum Gasteiger partial charge on any atom is -0.493 e. The van der Waals surface area contributed by atoms with Crippen LogP contribution in [0.1, 0.15) is 17.2 Å². The van der Waals surface area contributed by atoms with Crippen molar-refractivity contribution in [1.29, 1.82) is 0 Å². The largest absolute Gasteiger partial charge is 0.493 e. The van der Waals surface area contributed by atoms with Crippen LogP contribution in [0.3, 0.4) is 0 Å². The lowest BCUT2D eigenvalue weighted by molar-refractivity contribution is -0.122. The molecule has 38 heavy (non-hydrogen) atoms. The average Bonchev–Trinajstić information content (AvgIpc) is 2.89. The maximum atomic E-state index is 13.5. The van der Waals surface area contributed by atoms with Gasteiger partial charge in [0.2, 0.25) is 5.91 Å². The Kier molecular flexibility index (Phi) is 7.84. The predicted octanol–water partition coefficient (Wildman–Crippen LogP) is 2.92. The number of amides is 1. The smallest absolute Gasteiger partial charge is 0.296 e. The number of nitrogens with zero attached hydrogens (tertiary/aromatic N) is 1. The number of nitrogens with two attached hydrogens (primary N) is 2. The summed E-state index contributed by atoms with van der Waals surface area (Å²) in [6.07, 6.45) is 1.62. The fourth-order valence-corrected chi connectivity index (χ4v) is 4.45. The van der Waals surface area contributed by atoms with Gasteiger partial charge in [0.05, 0.1) is 19.9 Å². The van der Waals surface area contributed by atoms with Gasteiger partial charge in [-0.3, -0.25) is 9.52 Å². The quantitative estimate of drug-likeness (QED) is 0.206. The molecule has 0 saturated heterocycles. The summed E-state index contributed by atoms with van der Waals surface area (Å²) >= 11 is 0. The van der Waals surface area contributed by atoms with Crippen molar-refractivity contribution in [2.45, 2.75) is 12.6 Å². The molecule has 0 saturated carbocycles. The molecule has 1 heterocycles. The van der Waals surface area contributed by atoms with Gasteiger partial charge in [-0.15, -0.1) is 0 Å². The molecule has 1 amide bonds. The van der Waals surface area contributed by atoms with E-state index in [1.54, 1.807) is 48.7 Å². The zero-order chi connectivity index (χ0) is 27.3. The number of hydrogen-bond acceptors (Lipinski definition) is 8. The van der Waals surface area contributed by atoms with Crippen LogP contribution in [0.25, 0.3) is 10.8 Å². The normalized spacial score (nSPS) is 12.0. The molecule has 7 N–H and O–H groups in total. The van der Waals surface area contributed by atoms with E-state index in [1.165, 1.54) is 14.2 Å². The van der Waals surface area contributed by atoms with E-state index in [0.717, 1.165) is 10.8 Å². The summed E-state index contributed by atoms with van der Waals surface area (Å²) in [4.78, 5) is 17.6. The number of carbonyl (C=O) groups excluding carboxylic acids is 1. The molecule has 0 aliphatic heterocycles. The first kappa shape index (κ1) is 26.5. The monoisotopic (exact) mass is 536 g/mol. The molecule has 4 aromatic rings. The lowest BCUT2D eigenvalue weighted by atomic mass is 10.0. The van der Waals surface area contributed by atoms with Gasteiger partial charge in [0.25, 0.3) is 10.2 Å². The van der Waals surface area contributed by atoms with E-state index in [1.807, 2.05) is 24.3 Å². The van der Waals surface area contributed by atoms with Crippen LogP contribution in [0.15, 0.2) is 72.9 Å². The van der Waals surface area contributed by atoms with Crippen LogP contribution in [-0.4, -0.2) is 33.5 Å². The third kappa shape index (κ3) is 6.41. The van der Waals surface area contributed by atoms with E-state index in [2.05, 4.69) is 20.3 Å². The molecule has 0 bridgehead atoms. The molecular weight excluding hydrogens is 508 g/mol. The third-order valence-corrected chi connectivity index (χ3v) is 6.28. The number of nitrogens with one attached hydrogen (secondary N) is 3. The lowest BCUT2D eigenvalue weighted by Gasteiger charge is -2.22. The van der Waals surface area contributed by atoms with Crippen molar-refractivity contribution in [1.82, 2.24) is 10.3 Å². The Morgan fingerprint density at radius 3 is 2.50 bits per heavy atom. The van der Waals surface area contributed by atoms with Crippen LogP contribution in [0.5, 0.6) is 11.5 Å². The zero-order valence-electron chi connectivity index (χ0n) is 20.8. The molecule has 1 atom stereocenters. The first-order valence-electron chi connectivity index (χ1n) is 11.5. The van der Waals surface area contributed by atoms with E-state index in [-0.39, 0.29) is 12.5 Å². The number of benzene rings is 3. The fraction of sp³-hybridized carbons (Fsp3) is 0.154. The van der Waals surface area contributed by atoms with Gasteiger partial charge in [0.1, 0.15) is 11.9 Å². The molecule has 0 spiro atoms. The number of ether oxygens (including phenoxy) is 2. The number of anilines is 3. The minimum absolute atomic E-state index is 0.143. The Morgan fingerprint density at radius 2 is 1.76 bits per heavy atom. The van der Waals surface area contributed by atoms with Gasteiger partial charge >= 0.3 is 0 Å². The highest BCUT2D eigenvalue weighted by Crippen LogP contribution is 2.32. The average molecular weight is 537 g/mol. The van der Waals surface area contributed by atoms with Gasteiger partial charge in [0, 0.05) is 23.8 Å². The van der Waals surface area contributed by atoms with E-state index < -0.39 is 16.3 Å². The SMILES string of the molecule is COc1ccc([C@@H](Nc2ccc3c(N)nccc3c2)C(=O)NCc2cccc(NS(N)(=O)=O)c2)cc1OC. The molecule has 1 aromatic heterocycles. The van der Waals surface area contributed by atoms with E-state index in [4.69, 9.17) is 20.3 Å². The molecule has 0 unspecified atom stereocenters. The second-order valence-corrected chi connectivity index (χ2v) is 9.68. The summed E-state index contributed by atoms with van der Waals surface area (Å²) in [7, 11) is -0.863. The Balaban J connectivity index is 1.62. The van der Waals surface area contributed by atoms with Crippen LogP contribution in [0.4, 0.5) is 17.2 Å². The highest BCUT2D eigenvalue weighted by atomic mass is 32.2. The van der Waals surface area contributed by atoms with Crippen molar-refractivity contribution in [2.75, 3.05) is 30.0 Å². The molecule has 3 aromatic carbocycles. The first-order chi connectivity index (χ1) is 18.2. The number of rotatable bonds is 10. The number of carbonyl (C=O) groups is 1. The lowest BCUT2D eigenvalue weighted by Crippen LogP contribution is -2.33. The number of hydrogen-bond donors (Lipinski definition) is 5. The van der Waals surface area contributed by atoms with Crippen LogP contribution in [0.2, 0.25) is 0 Å². The van der Waals surface area contributed by atoms with Crippen molar-refractivity contribution in [2.24, 2.45) is 5.14 Å². The number of methoxy groups -OCH3 is 2. The molecule has 4 rings (SSSR count). The Bertz CT molecular complexity index is 1580. The highest BCUT2D eigenvalue weighted by Gasteiger charge is 2.22. The predicted molar refractivity (Wildman–Crippen MR) is 147 cm³/mol. The van der Waals surface area contributed by atoms with Gasteiger partial charge in [0.15, 0.2) is 11.5 Å². The molecule has 12 heteroatoms.